The Morgan fingerprint density at radius 1 is 1.50 bits per heavy atom. The Bertz CT molecular complexity index is 581. The number of benzene rings is 1. The fourth-order valence-corrected chi connectivity index (χ4v) is 2.81. The summed E-state index contributed by atoms with van der Waals surface area (Å²) in [6, 6.07) is 7.82. The molecule has 0 unspecified atom stereocenters. The van der Waals surface area contributed by atoms with Crippen LogP contribution in [0.3, 0.4) is 0 Å². The summed E-state index contributed by atoms with van der Waals surface area (Å²) in [7, 11) is 0. The summed E-state index contributed by atoms with van der Waals surface area (Å²) in [5, 5.41) is 12.8. The number of nitrogens with one attached hydrogen (secondary N) is 1. The summed E-state index contributed by atoms with van der Waals surface area (Å²) in [5.41, 5.74) is 1.65. The molecule has 1 aromatic carbocycles. The van der Waals surface area contributed by atoms with E-state index in [1.165, 1.54) is 0 Å². The molecule has 0 bridgehead atoms. The molecule has 0 amide bonds. The molecule has 4 nitrogen and oxygen atoms in total. The van der Waals surface area contributed by atoms with E-state index in [2.05, 4.69) is 9.69 Å². The van der Waals surface area contributed by atoms with Crippen molar-refractivity contribution in [3.63, 3.8) is 0 Å². The number of aromatic nitrogens is 1. The van der Waals surface area contributed by atoms with Crippen molar-refractivity contribution in [3.8, 4) is 0 Å². The van der Waals surface area contributed by atoms with Crippen LogP contribution in [-0.4, -0.2) is 21.7 Å². The second kappa shape index (κ2) is 5.41. The van der Waals surface area contributed by atoms with E-state index in [1.54, 1.807) is 18.7 Å². The van der Waals surface area contributed by atoms with Gasteiger partial charge in [0, 0.05) is 10.6 Å². The van der Waals surface area contributed by atoms with E-state index in [4.69, 9.17) is 5.11 Å². The van der Waals surface area contributed by atoms with Gasteiger partial charge in [0.2, 0.25) is 0 Å². The van der Waals surface area contributed by atoms with E-state index < -0.39 is 5.97 Å². The van der Waals surface area contributed by atoms with Crippen LogP contribution in [0.15, 0.2) is 29.2 Å². The zero-order valence-electron chi connectivity index (χ0n) is 9.93. The van der Waals surface area contributed by atoms with Gasteiger partial charge in [0.15, 0.2) is 0 Å². The second-order valence-corrected chi connectivity index (χ2v) is 5.29. The van der Waals surface area contributed by atoms with Gasteiger partial charge >= 0.3 is 5.97 Å². The highest BCUT2D eigenvalue weighted by atomic mass is 32.2. The van der Waals surface area contributed by atoms with E-state index >= 15 is 0 Å². The van der Waals surface area contributed by atoms with Gasteiger partial charge in [-0.15, -0.1) is 11.8 Å². The Hall–Kier alpha value is -1.53. The lowest BCUT2D eigenvalue weighted by Crippen LogP contribution is -2.01. The van der Waals surface area contributed by atoms with E-state index in [0.717, 1.165) is 22.1 Å². The van der Waals surface area contributed by atoms with E-state index in [1.807, 2.05) is 30.5 Å². The number of aromatic carboxylic acids is 1. The summed E-state index contributed by atoms with van der Waals surface area (Å²) < 4.78 is 4.07. The summed E-state index contributed by atoms with van der Waals surface area (Å²) in [6.45, 7) is 1.70. The average molecular weight is 280 g/mol. The summed E-state index contributed by atoms with van der Waals surface area (Å²) in [6.07, 6.45) is 2.00. The molecule has 0 aliphatic rings. The van der Waals surface area contributed by atoms with E-state index in [0.29, 0.717) is 10.7 Å². The molecular weight excluding hydrogens is 268 g/mol. The normalized spacial score (nSPS) is 10.3. The number of carbonyl (C=O) groups is 1. The summed E-state index contributed by atoms with van der Waals surface area (Å²) in [5.74, 6) is -0.954. The van der Waals surface area contributed by atoms with Crippen molar-refractivity contribution in [2.75, 3.05) is 11.6 Å². The van der Waals surface area contributed by atoms with Crippen LogP contribution in [0.25, 0.3) is 0 Å². The number of anilines is 2. The highest BCUT2D eigenvalue weighted by Gasteiger charge is 2.17. The third-order valence-corrected chi connectivity index (χ3v) is 3.98. The topological polar surface area (TPSA) is 62.2 Å². The first-order valence-electron chi connectivity index (χ1n) is 5.22. The number of hydrogen-bond acceptors (Lipinski definition) is 5. The molecule has 0 aliphatic carbocycles. The average Bonchev–Trinajstić information content (AvgIpc) is 2.70. The SMILES string of the molecule is CSc1cccc(Nc2snc(C)c2C(=O)O)c1. The second-order valence-electron chi connectivity index (χ2n) is 3.63. The number of aryl methyl sites for hydroxylation is 1. The van der Waals surface area contributed by atoms with E-state index in [-0.39, 0.29) is 5.56 Å². The van der Waals surface area contributed by atoms with Crippen LogP contribution in [0, 0.1) is 6.92 Å². The molecule has 94 valence electrons. The minimum atomic E-state index is -0.954. The first kappa shape index (κ1) is 12.9. The Morgan fingerprint density at radius 3 is 2.94 bits per heavy atom. The molecule has 1 aromatic heterocycles. The zero-order valence-corrected chi connectivity index (χ0v) is 11.6. The number of thioether (sulfide) groups is 1. The Labute approximate surface area is 113 Å². The number of carboxylic acid groups (broad SMARTS) is 1. The number of hydrogen-bond donors (Lipinski definition) is 2. The van der Waals surface area contributed by atoms with Crippen molar-refractivity contribution < 1.29 is 9.90 Å². The van der Waals surface area contributed by atoms with Gasteiger partial charge in [-0.05, 0) is 42.9 Å². The molecule has 0 fully saturated rings. The van der Waals surface area contributed by atoms with Crippen molar-refractivity contribution in [1.29, 1.82) is 0 Å². The smallest absolute Gasteiger partial charge is 0.340 e. The van der Waals surface area contributed by atoms with Crippen LogP contribution in [0.5, 0.6) is 0 Å². The van der Waals surface area contributed by atoms with Gasteiger partial charge in [-0.25, -0.2) is 4.79 Å². The van der Waals surface area contributed by atoms with Crippen molar-refractivity contribution in [2.24, 2.45) is 0 Å². The van der Waals surface area contributed by atoms with Crippen LogP contribution in [0.1, 0.15) is 16.1 Å². The van der Waals surface area contributed by atoms with Crippen LogP contribution in [0.4, 0.5) is 10.7 Å². The minimum Gasteiger partial charge on any atom is -0.478 e. The predicted octanol–water partition coefficient (Wildman–Crippen LogP) is 3.62. The molecule has 18 heavy (non-hydrogen) atoms. The standard InChI is InChI=1S/C12H12N2O2S2/c1-7-10(12(15)16)11(18-14-7)13-8-4-3-5-9(6-8)17-2/h3-6,13H,1-2H3,(H,15,16). The highest BCUT2D eigenvalue weighted by Crippen LogP contribution is 2.29. The van der Waals surface area contributed by atoms with Gasteiger partial charge in [-0.1, -0.05) is 6.07 Å². The molecule has 6 heteroatoms. The summed E-state index contributed by atoms with van der Waals surface area (Å²) >= 11 is 2.80. The first-order valence-corrected chi connectivity index (χ1v) is 7.22. The number of rotatable bonds is 4. The number of nitrogens with zero attached hydrogens (tertiary/aromatic N) is 1. The van der Waals surface area contributed by atoms with Crippen LogP contribution >= 0.6 is 23.3 Å². The zero-order chi connectivity index (χ0) is 13.1. The number of carboxylic acids is 1. The molecule has 0 radical (unpaired) electrons. The van der Waals surface area contributed by atoms with Gasteiger partial charge in [0.25, 0.3) is 0 Å². The summed E-state index contributed by atoms with van der Waals surface area (Å²) in [4.78, 5) is 12.3. The van der Waals surface area contributed by atoms with Crippen LogP contribution in [-0.2, 0) is 0 Å². The predicted molar refractivity (Wildman–Crippen MR) is 75.3 cm³/mol. The Balaban J connectivity index is 2.31. The molecular formula is C12H12N2O2S2. The monoisotopic (exact) mass is 280 g/mol. The molecule has 2 aromatic rings. The highest BCUT2D eigenvalue weighted by molar-refractivity contribution is 7.98. The Kier molecular flexibility index (Phi) is 3.88. The Morgan fingerprint density at radius 2 is 2.28 bits per heavy atom. The van der Waals surface area contributed by atoms with Gasteiger partial charge in [-0.2, -0.15) is 4.37 Å². The van der Waals surface area contributed by atoms with Crippen molar-refractivity contribution in [2.45, 2.75) is 11.8 Å². The third kappa shape index (κ3) is 2.65. The molecule has 0 atom stereocenters. The lowest BCUT2D eigenvalue weighted by atomic mass is 10.2. The van der Waals surface area contributed by atoms with Gasteiger partial charge in [0.05, 0.1) is 5.69 Å². The maximum Gasteiger partial charge on any atom is 0.340 e. The maximum absolute atomic E-state index is 11.1. The third-order valence-electron chi connectivity index (χ3n) is 2.40. The van der Waals surface area contributed by atoms with Crippen LogP contribution < -0.4 is 5.32 Å². The van der Waals surface area contributed by atoms with Gasteiger partial charge in [-0.3, -0.25) is 0 Å². The van der Waals surface area contributed by atoms with Crippen molar-refractivity contribution in [1.82, 2.24) is 4.37 Å². The molecule has 0 spiro atoms. The maximum atomic E-state index is 11.1. The molecule has 0 aliphatic heterocycles. The largest absolute Gasteiger partial charge is 0.478 e. The molecule has 2 rings (SSSR count). The van der Waals surface area contributed by atoms with Crippen LogP contribution in [0.2, 0.25) is 0 Å². The van der Waals surface area contributed by atoms with E-state index in [9.17, 15) is 4.79 Å². The molecule has 1 heterocycles. The quantitative estimate of drug-likeness (QED) is 0.838. The van der Waals surface area contributed by atoms with Gasteiger partial charge in [0.1, 0.15) is 10.6 Å². The molecule has 2 N–H and O–H groups in total. The lowest BCUT2D eigenvalue weighted by molar-refractivity contribution is 0.0697. The van der Waals surface area contributed by atoms with Gasteiger partial charge < -0.3 is 10.4 Å². The minimum absolute atomic E-state index is 0.245. The first-order chi connectivity index (χ1) is 8.61. The lowest BCUT2D eigenvalue weighted by Gasteiger charge is -2.06. The fourth-order valence-electron chi connectivity index (χ4n) is 1.54. The fraction of sp³-hybridized carbons (Fsp3) is 0.167. The van der Waals surface area contributed by atoms with Crippen molar-refractivity contribution in [3.05, 3.63) is 35.5 Å². The molecule has 0 saturated heterocycles. The van der Waals surface area contributed by atoms with Crippen molar-refractivity contribution >= 4 is 40.0 Å². The molecule has 0 saturated carbocycles.